The van der Waals surface area contributed by atoms with Crippen LogP contribution in [0.1, 0.15) is 32.3 Å². The Morgan fingerprint density at radius 1 is 1.00 bits per heavy atom. The minimum absolute atomic E-state index is 0.252. The van der Waals surface area contributed by atoms with Gasteiger partial charge in [-0.1, -0.05) is 60.8 Å². The molecule has 0 bridgehead atoms. The number of rotatable bonds is 8. The van der Waals surface area contributed by atoms with Crippen molar-refractivity contribution in [3.8, 4) is 5.75 Å². The lowest BCUT2D eigenvalue weighted by Gasteiger charge is -2.47. The zero-order valence-corrected chi connectivity index (χ0v) is 18.5. The van der Waals surface area contributed by atoms with Crippen molar-refractivity contribution in [1.82, 2.24) is 9.55 Å². The van der Waals surface area contributed by atoms with Crippen molar-refractivity contribution in [3.05, 3.63) is 81.8 Å². The van der Waals surface area contributed by atoms with Crippen LogP contribution >= 0.6 is 34.8 Å². The van der Waals surface area contributed by atoms with Crippen LogP contribution in [0.15, 0.2) is 61.2 Å². The zero-order chi connectivity index (χ0) is 21.1. The number of hydrogen-bond acceptors (Lipinski definition) is 3. The van der Waals surface area contributed by atoms with E-state index < -0.39 is 11.2 Å². The standard InChI is InChI=1S/C22H23Cl3N2O2/c1-3-21(4-2,29-20-10-9-18(24)13-19(20)25)22(28,14-27-12-11-26-15-27)16-5-7-17(23)8-6-16/h5-13,15,28H,3-4,14H2,1-2H3. The average Bonchev–Trinajstić information content (AvgIpc) is 3.21. The van der Waals surface area contributed by atoms with E-state index in [2.05, 4.69) is 4.98 Å². The molecule has 1 unspecified atom stereocenters. The summed E-state index contributed by atoms with van der Waals surface area (Å²) in [6, 6.07) is 12.3. The second kappa shape index (κ2) is 8.97. The van der Waals surface area contributed by atoms with Gasteiger partial charge in [0.2, 0.25) is 0 Å². The fraction of sp³-hybridized carbons (Fsp3) is 0.318. The molecule has 7 heteroatoms. The molecule has 3 rings (SSSR count). The first-order valence-corrected chi connectivity index (χ1v) is 10.5. The highest BCUT2D eigenvalue weighted by Crippen LogP contribution is 2.44. The van der Waals surface area contributed by atoms with E-state index in [1.165, 1.54) is 0 Å². The summed E-state index contributed by atoms with van der Waals surface area (Å²) in [6.07, 6.45) is 6.24. The SMILES string of the molecule is CCC(CC)(Oc1ccc(Cl)cc1Cl)C(O)(Cn1ccnc1)c1ccc(Cl)cc1. The van der Waals surface area contributed by atoms with E-state index in [1.807, 2.05) is 36.7 Å². The van der Waals surface area contributed by atoms with Crippen LogP contribution in [0.5, 0.6) is 5.75 Å². The van der Waals surface area contributed by atoms with E-state index in [-0.39, 0.29) is 6.54 Å². The molecule has 0 aliphatic rings. The van der Waals surface area contributed by atoms with E-state index in [9.17, 15) is 5.11 Å². The van der Waals surface area contributed by atoms with Gasteiger partial charge in [-0.25, -0.2) is 4.98 Å². The molecule has 0 aliphatic heterocycles. The molecule has 4 nitrogen and oxygen atoms in total. The van der Waals surface area contributed by atoms with Gasteiger partial charge in [0, 0.05) is 22.4 Å². The maximum absolute atomic E-state index is 12.2. The summed E-state index contributed by atoms with van der Waals surface area (Å²) in [5.74, 6) is 0.470. The minimum Gasteiger partial charge on any atom is -0.482 e. The number of imidazole rings is 1. The molecule has 1 atom stereocenters. The van der Waals surface area contributed by atoms with Crippen LogP contribution in [0.3, 0.4) is 0 Å². The zero-order valence-electron chi connectivity index (χ0n) is 16.3. The van der Waals surface area contributed by atoms with E-state index in [4.69, 9.17) is 39.5 Å². The first-order chi connectivity index (χ1) is 13.8. The molecule has 0 fully saturated rings. The van der Waals surface area contributed by atoms with E-state index >= 15 is 0 Å². The number of aromatic nitrogens is 2. The largest absolute Gasteiger partial charge is 0.482 e. The second-order valence-electron chi connectivity index (χ2n) is 6.98. The van der Waals surface area contributed by atoms with Crippen LogP contribution in [0.2, 0.25) is 15.1 Å². The Morgan fingerprint density at radius 2 is 1.66 bits per heavy atom. The lowest BCUT2D eigenvalue weighted by atomic mass is 9.73. The van der Waals surface area contributed by atoms with Crippen LogP contribution in [0.25, 0.3) is 0 Å². The third-order valence-corrected chi connectivity index (χ3v) is 6.17. The van der Waals surface area contributed by atoms with Crippen molar-refractivity contribution in [2.45, 2.75) is 44.4 Å². The highest BCUT2D eigenvalue weighted by molar-refractivity contribution is 6.35. The second-order valence-corrected chi connectivity index (χ2v) is 8.26. The number of benzene rings is 2. The van der Waals surface area contributed by atoms with Crippen molar-refractivity contribution in [3.63, 3.8) is 0 Å². The number of aliphatic hydroxyl groups is 1. The predicted octanol–water partition coefficient (Wildman–Crippen LogP) is 6.37. The van der Waals surface area contributed by atoms with Crippen LogP contribution in [0, 0.1) is 0 Å². The van der Waals surface area contributed by atoms with Crippen molar-refractivity contribution >= 4 is 34.8 Å². The summed E-state index contributed by atoms with van der Waals surface area (Å²) < 4.78 is 8.31. The summed E-state index contributed by atoms with van der Waals surface area (Å²) in [5, 5.41) is 13.7. The number of ether oxygens (including phenoxy) is 1. The van der Waals surface area contributed by atoms with Crippen LogP contribution in [-0.2, 0) is 12.1 Å². The van der Waals surface area contributed by atoms with E-state index in [0.29, 0.717) is 39.2 Å². The lowest BCUT2D eigenvalue weighted by Crippen LogP contribution is -2.57. The number of hydrogen-bond donors (Lipinski definition) is 1. The maximum Gasteiger partial charge on any atom is 0.147 e. The Labute approximate surface area is 186 Å². The molecule has 0 aliphatic carbocycles. The highest BCUT2D eigenvalue weighted by Gasteiger charge is 2.52. The highest BCUT2D eigenvalue weighted by atomic mass is 35.5. The molecule has 0 saturated heterocycles. The van der Waals surface area contributed by atoms with Gasteiger partial charge in [-0.05, 0) is 48.7 Å². The molecule has 1 aromatic heterocycles. The van der Waals surface area contributed by atoms with Gasteiger partial charge in [0.15, 0.2) is 0 Å². The Kier molecular flexibility index (Phi) is 6.79. The van der Waals surface area contributed by atoms with Gasteiger partial charge in [-0.2, -0.15) is 0 Å². The van der Waals surface area contributed by atoms with Crippen LogP contribution in [-0.4, -0.2) is 20.3 Å². The Morgan fingerprint density at radius 3 is 2.21 bits per heavy atom. The van der Waals surface area contributed by atoms with E-state index in [0.717, 1.165) is 0 Å². The minimum atomic E-state index is -1.38. The fourth-order valence-corrected chi connectivity index (χ4v) is 4.27. The summed E-state index contributed by atoms with van der Waals surface area (Å²) in [7, 11) is 0. The Hall–Kier alpha value is -1.72. The molecular weight excluding hydrogens is 431 g/mol. The van der Waals surface area contributed by atoms with Gasteiger partial charge in [-0.15, -0.1) is 0 Å². The lowest BCUT2D eigenvalue weighted by molar-refractivity contribution is -0.155. The van der Waals surface area contributed by atoms with Crippen LogP contribution < -0.4 is 4.74 Å². The molecule has 2 aromatic carbocycles. The number of halogens is 3. The monoisotopic (exact) mass is 452 g/mol. The predicted molar refractivity (Wildman–Crippen MR) is 118 cm³/mol. The average molecular weight is 454 g/mol. The topological polar surface area (TPSA) is 47.3 Å². The molecule has 0 radical (unpaired) electrons. The first kappa shape index (κ1) is 22.0. The normalized spacial score (nSPS) is 13.9. The smallest absolute Gasteiger partial charge is 0.147 e. The van der Waals surface area contributed by atoms with Gasteiger partial charge in [0.1, 0.15) is 17.0 Å². The van der Waals surface area contributed by atoms with Gasteiger partial charge in [0.25, 0.3) is 0 Å². The molecule has 0 spiro atoms. The van der Waals surface area contributed by atoms with Crippen molar-refractivity contribution in [1.29, 1.82) is 0 Å². The fourth-order valence-electron chi connectivity index (χ4n) is 3.70. The van der Waals surface area contributed by atoms with Crippen molar-refractivity contribution in [2.24, 2.45) is 0 Å². The molecule has 29 heavy (non-hydrogen) atoms. The molecule has 1 heterocycles. The molecule has 0 amide bonds. The molecule has 0 saturated carbocycles. The number of nitrogens with zero attached hydrogens (tertiary/aromatic N) is 2. The third kappa shape index (κ3) is 4.41. The molecule has 3 aromatic rings. The van der Waals surface area contributed by atoms with Gasteiger partial charge >= 0.3 is 0 Å². The first-order valence-electron chi connectivity index (χ1n) is 9.42. The van der Waals surface area contributed by atoms with Crippen molar-refractivity contribution < 1.29 is 9.84 Å². The van der Waals surface area contributed by atoms with Gasteiger partial charge in [0.05, 0.1) is 17.9 Å². The molecular formula is C22H23Cl3N2O2. The summed E-state index contributed by atoms with van der Waals surface area (Å²) in [6.45, 7) is 4.23. The maximum atomic E-state index is 12.2. The van der Waals surface area contributed by atoms with Gasteiger partial charge < -0.3 is 14.4 Å². The molecule has 154 valence electrons. The summed E-state index contributed by atoms with van der Waals surface area (Å²) in [5.41, 5.74) is -1.66. The van der Waals surface area contributed by atoms with E-state index in [1.54, 1.807) is 42.9 Å². The molecule has 1 N–H and O–H groups in total. The Bertz CT molecular complexity index is 941. The quantitative estimate of drug-likeness (QED) is 0.431. The third-order valence-electron chi connectivity index (χ3n) is 5.39. The van der Waals surface area contributed by atoms with Crippen molar-refractivity contribution in [2.75, 3.05) is 0 Å². The van der Waals surface area contributed by atoms with Crippen LogP contribution in [0.4, 0.5) is 0 Å². The van der Waals surface area contributed by atoms with Gasteiger partial charge in [-0.3, -0.25) is 0 Å². The summed E-state index contributed by atoms with van der Waals surface area (Å²) >= 11 is 18.5. The summed E-state index contributed by atoms with van der Waals surface area (Å²) in [4.78, 5) is 4.11. The Balaban J connectivity index is 2.13.